The summed E-state index contributed by atoms with van der Waals surface area (Å²) in [4.78, 5) is 16.6. The van der Waals surface area contributed by atoms with E-state index in [1.807, 2.05) is 12.1 Å². The number of rotatable bonds is 5. The summed E-state index contributed by atoms with van der Waals surface area (Å²) in [5.74, 6) is -0.234. The number of hydrogen-bond acceptors (Lipinski definition) is 5. The van der Waals surface area contributed by atoms with Crippen molar-refractivity contribution in [3.05, 3.63) is 41.5 Å². The van der Waals surface area contributed by atoms with Gasteiger partial charge in [-0.2, -0.15) is 5.26 Å². The van der Waals surface area contributed by atoms with E-state index in [2.05, 4.69) is 29.2 Å². The van der Waals surface area contributed by atoms with E-state index in [1.54, 1.807) is 4.90 Å². The average molecular weight is 381 g/mol. The predicted molar refractivity (Wildman–Crippen MR) is 105 cm³/mol. The Labute approximate surface area is 166 Å². The summed E-state index contributed by atoms with van der Waals surface area (Å²) >= 11 is 0. The number of carbonyl (C=O) groups excluding carboxylic acids is 1. The van der Waals surface area contributed by atoms with Gasteiger partial charge in [-0.1, -0.05) is 30.3 Å². The largest absolute Gasteiger partial charge is 0.394 e. The first kappa shape index (κ1) is 19.1. The Kier molecular flexibility index (Phi) is 5.77. The Hall–Kier alpha value is -2.20. The summed E-state index contributed by atoms with van der Waals surface area (Å²) in [7, 11) is 0. The van der Waals surface area contributed by atoms with Gasteiger partial charge in [-0.15, -0.1) is 0 Å². The number of aliphatic hydroxyl groups is 1. The lowest BCUT2D eigenvalue weighted by atomic mass is 9.73. The van der Waals surface area contributed by atoms with Crippen LogP contribution in [0.1, 0.15) is 36.3 Å². The Morgan fingerprint density at radius 3 is 2.75 bits per heavy atom. The molecule has 0 spiro atoms. The molecule has 2 heterocycles. The zero-order valence-electron chi connectivity index (χ0n) is 16.1. The smallest absolute Gasteiger partial charge is 0.238 e. The molecule has 0 radical (unpaired) electrons. The monoisotopic (exact) mass is 381 g/mol. The van der Waals surface area contributed by atoms with Crippen molar-refractivity contribution in [2.24, 2.45) is 0 Å². The second-order valence-corrected chi connectivity index (χ2v) is 7.75. The maximum Gasteiger partial charge on any atom is 0.238 e. The minimum absolute atomic E-state index is 0.0821. The van der Waals surface area contributed by atoms with Crippen LogP contribution in [0, 0.1) is 11.3 Å². The van der Waals surface area contributed by atoms with Gasteiger partial charge in [-0.3, -0.25) is 9.69 Å². The highest BCUT2D eigenvalue weighted by Crippen LogP contribution is 2.44. The molecule has 4 rings (SSSR count). The standard InChI is InChI=1S/C22H27N3O3/c23-13-19-22(18-8-4-3-7-17(18)16-5-1-2-6-16)20(15-26)25(19)21(27)14-24-9-11-28-12-10-24/h3-5,7-8,19-20,22,26H,1-2,6,9-12,14-15H2/t19-,20+,22-/m1/s1. The zero-order chi connectivity index (χ0) is 19.5. The van der Waals surface area contributed by atoms with Gasteiger partial charge in [0.15, 0.2) is 0 Å². The molecule has 1 aromatic rings. The molecular weight excluding hydrogens is 354 g/mol. The first-order chi connectivity index (χ1) is 13.7. The lowest BCUT2D eigenvalue weighted by Gasteiger charge is -2.52. The van der Waals surface area contributed by atoms with Gasteiger partial charge >= 0.3 is 0 Å². The molecule has 6 heteroatoms. The van der Waals surface area contributed by atoms with Crippen molar-refractivity contribution in [2.75, 3.05) is 39.5 Å². The van der Waals surface area contributed by atoms with E-state index in [9.17, 15) is 15.2 Å². The Bertz CT molecular complexity index is 794. The molecule has 2 saturated heterocycles. The van der Waals surface area contributed by atoms with Gasteiger partial charge in [0.2, 0.25) is 5.91 Å². The van der Waals surface area contributed by atoms with E-state index < -0.39 is 6.04 Å². The summed E-state index contributed by atoms with van der Waals surface area (Å²) in [5, 5.41) is 19.9. The van der Waals surface area contributed by atoms with Crippen molar-refractivity contribution in [2.45, 2.75) is 37.3 Å². The summed E-state index contributed by atoms with van der Waals surface area (Å²) in [6.45, 7) is 2.84. The van der Waals surface area contributed by atoms with Crippen molar-refractivity contribution in [1.82, 2.24) is 9.80 Å². The molecule has 1 aliphatic carbocycles. The van der Waals surface area contributed by atoms with Crippen molar-refractivity contribution >= 4 is 11.5 Å². The first-order valence-electron chi connectivity index (χ1n) is 10.1. The molecule has 1 aromatic carbocycles. The number of ether oxygens (including phenoxy) is 1. The van der Waals surface area contributed by atoms with Crippen molar-refractivity contribution in [3.63, 3.8) is 0 Å². The van der Waals surface area contributed by atoms with Gasteiger partial charge in [0.05, 0.1) is 38.5 Å². The molecule has 6 nitrogen and oxygen atoms in total. The van der Waals surface area contributed by atoms with Gasteiger partial charge in [0.25, 0.3) is 0 Å². The third-order valence-corrected chi connectivity index (χ3v) is 6.19. The minimum atomic E-state index is -0.533. The molecule has 0 unspecified atom stereocenters. The van der Waals surface area contributed by atoms with E-state index >= 15 is 0 Å². The molecule has 0 saturated carbocycles. The Morgan fingerprint density at radius 2 is 2.07 bits per heavy atom. The van der Waals surface area contributed by atoms with Crippen LogP contribution in [-0.4, -0.2) is 72.4 Å². The number of nitrogens with zero attached hydrogens (tertiary/aromatic N) is 3. The molecule has 2 aliphatic heterocycles. The van der Waals surface area contributed by atoms with Gasteiger partial charge in [0, 0.05) is 19.0 Å². The van der Waals surface area contributed by atoms with Gasteiger partial charge in [0.1, 0.15) is 6.04 Å². The van der Waals surface area contributed by atoms with Crippen molar-refractivity contribution in [3.8, 4) is 6.07 Å². The number of benzene rings is 1. The molecular formula is C22H27N3O3. The highest BCUT2D eigenvalue weighted by Gasteiger charge is 2.52. The maximum atomic E-state index is 12.9. The second kappa shape index (κ2) is 8.44. The van der Waals surface area contributed by atoms with Crippen LogP contribution in [0.25, 0.3) is 5.57 Å². The summed E-state index contributed by atoms with van der Waals surface area (Å²) in [6.07, 6.45) is 5.56. The van der Waals surface area contributed by atoms with Crippen molar-refractivity contribution < 1.29 is 14.6 Å². The fraction of sp³-hybridized carbons (Fsp3) is 0.545. The van der Waals surface area contributed by atoms with Crippen LogP contribution in [0.5, 0.6) is 0 Å². The molecule has 148 valence electrons. The first-order valence-corrected chi connectivity index (χ1v) is 10.1. The molecule has 2 fully saturated rings. The maximum absolute atomic E-state index is 12.9. The van der Waals surface area contributed by atoms with Gasteiger partial charge in [-0.05, 0) is 36.0 Å². The van der Waals surface area contributed by atoms with Crippen LogP contribution in [0.4, 0.5) is 0 Å². The molecule has 1 amide bonds. The fourth-order valence-electron chi connectivity index (χ4n) is 4.75. The number of allylic oxidation sites excluding steroid dienone is 2. The molecule has 28 heavy (non-hydrogen) atoms. The lowest BCUT2D eigenvalue weighted by Crippen LogP contribution is -2.66. The Balaban J connectivity index is 1.56. The highest BCUT2D eigenvalue weighted by atomic mass is 16.5. The van der Waals surface area contributed by atoms with Crippen LogP contribution in [-0.2, 0) is 9.53 Å². The Morgan fingerprint density at radius 1 is 1.29 bits per heavy atom. The normalized spacial score (nSPS) is 27.8. The fourth-order valence-corrected chi connectivity index (χ4v) is 4.75. The van der Waals surface area contributed by atoms with Gasteiger partial charge < -0.3 is 14.7 Å². The second-order valence-electron chi connectivity index (χ2n) is 7.75. The molecule has 3 aliphatic rings. The summed E-state index contributed by atoms with van der Waals surface area (Å²) in [6, 6.07) is 9.61. The number of hydrogen-bond donors (Lipinski definition) is 1. The van der Waals surface area contributed by atoms with Crippen LogP contribution >= 0.6 is 0 Å². The number of morpholine rings is 1. The molecule has 0 bridgehead atoms. The van der Waals surface area contributed by atoms with E-state index in [0.717, 1.165) is 37.9 Å². The van der Waals surface area contributed by atoms with E-state index in [1.165, 1.54) is 11.1 Å². The third-order valence-electron chi connectivity index (χ3n) is 6.19. The predicted octanol–water partition coefficient (Wildman–Crippen LogP) is 1.76. The quantitative estimate of drug-likeness (QED) is 0.841. The third kappa shape index (κ3) is 3.46. The topological polar surface area (TPSA) is 76.8 Å². The number of likely N-dealkylation sites (tertiary alicyclic amines) is 1. The molecule has 1 N–H and O–H groups in total. The van der Waals surface area contributed by atoms with Gasteiger partial charge in [-0.25, -0.2) is 0 Å². The van der Waals surface area contributed by atoms with Crippen LogP contribution < -0.4 is 0 Å². The van der Waals surface area contributed by atoms with Crippen LogP contribution in [0.2, 0.25) is 0 Å². The number of carbonyl (C=O) groups is 1. The molecule has 3 atom stereocenters. The number of nitriles is 1. The zero-order valence-corrected chi connectivity index (χ0v) is 16.1. The SMILES string of the molecule is N#C[C@@H]1[C@@H](c2ccccc2C2=CCCC2)[C@H](CO)N1C(=O)CN1CCOCC1. The van der Waals surface area contributed by atoms with E-state index in [0.29, 0.717) is 13.2 Å². The van der Waals surface area contributed by atoms with Crippen molar-refractivity contribution in [1.29, 1.82) is 5.26 Å². The van der Waals surface area contributed by atoms with E-state index in [4.69, 9.17) is 4.74 Å². The average Bonchev–Trinajstić information content (AvgIpc) is 3.24. The van der Waals surface area contributed by atoms with Crippen LogP contribution in [0.15, 0.2) is 30.3 Å². The lowest BCUT2D eigenvalue weighted by molar-refractivity contribution is -0.149. The summed E-state index contributed by atoms with van der Waals surface area (Å²) < 4.78 is 5.34. The minimum Gasteiger partial charge on any atom is -0.394 e. The molecule has 0 aromatic heterocycles. The number of aliphatic hydroxyl groups excluding tert-OH is 1. The number of amides is 1. The summed E-state index contributed by atoms with van der Waals surface area (Å²) in [5.41, 5.74) is 3.57. The highest BCUT2D eigenvalue weighted by molar-refractivity contribution is 5.81. The van der Waals surface area contributed by atoms with Crippen LogP contribution in [0.3, 0.4) is 0 Å². The van der Waals surface area contributed by atoms with E-state index in [-0.39, 0.29) is 31.0 Å².